The van der Waals surface area contributed by atoms with Crippen molar-refractivity contribution in [2.24, 2.45) is 0 Å². The molecule has 3 rings (SSSR count). The number of hydrogen-bond donors (Lipinski definition) is 0. The lowest BCUT2D eigenvalue weighted by molar-refractivity contribution is 0.466. The zero-order valence-corrected chi connectivity index (χ0v) is 12.8. The van der Waals surface area contributed by atoms with Gasteiger partial charge in [0.1, 0.15) is 4.88 Å². The molecule has 0 aliphatic rings. The second-order valence-electron chi connectivity index (χ2n) is 3.98. The Hall–Kier alpha value is -1.44. The van der Waals surface area contributed by atoms with E-state index in [4.69, 9.17) is 16.0 Å². The Balaban J connectivity index is 1.69. The predicted molar refractivity (Wildman–Crippen MR) is 79.0 cm³/mol. The lowest BCUT2D eigenvalue weighted by Crippen LogP contribution is -1.79. The van der Waals surface area contributed by atoms with Crippen LogP contribution in [0.2, 0.25) is 5.02 Å². The molecule has 0 unspecified atom stereocenters. The molecule has 0 amide bonds. The highest BCUT2D eigenvalue weighted by atomic mass is 35.5. The van der Waals surface area contributed by atoms with Crippen LogP contribution in [0.25, 0.3) is 10.8 Å². The van der Waals surface area contributed by atoms with E-state index in [1.807, 2.05) is 31.2 Å². The van der Waals surface area contributed by atoms with Gasteiger partial charge in [0.25, 0.3) is 11.1 Å². The Morgan fingerprint density at radius 1 is 1.20 bits per heavy atom. The molecule has 0 atom stereocenters. The zero-order chi connectivity index (χ0) is 13.9. The minimum absolute atomic E-state index is 0.469. The molecule has 0 fully saturated rings. The van der Waals surface area contributed by atoms with Crippen LogP contribution >= 0.6 is 34.9 Å². The third-order valence-electron chi connectivity index (χ3n) is 2.53. The average Bonchev–Trinajstić information content (AvgIpc) is 3.06. The van der Waals surface area contributed by atoms with Crippen LogP contribution in [0.3, 0.4) is 0 Å². The third-order valence-corrected chi connectivity index (χ3v) is 4.49. The van der Waals surface area contributed by atoms with Crippen LogP contribution in [-0.4, -0.2) is 19.8 Å². The lowest BCUT2D eigenvalue weighted by Gasteiger charge is -1.97. The lowest BCUT2D eigenvalue weighted by atomic mass is 10.2. The molecule has 0 bridgehead atoms. The second-order valence-corrected chi connectivity index (χ2v) is 6.09. The monoisotopic (exact) mass is 324 g/mol. The summed E-state index contributed by atoms with van der Waals surface area (Å²) in [5.74, 6) is 1.22. The smallest absolute Gasteiger partial charge is 0.277 e. The Labute approximate surface area is 128 Å². The predicted octanol–water partition coefficient (Wildman–Crippen LogP) is 3.84. The molecule has 2 heterocycles. The van der Waals surface area contributed by atoms with Crippen LogP contribution in [0, 0.1) is 6.92 Å². The van der Waals surface area contributed by atoms with Gasteiger partial charge in [-0.2, -0.15) is 0 Å². The minimum atomic E-state index is 0.469. The van der Waals surface area contributed by atoms with Crippen molar-refractivity contribution in [3.05, 3.63) is 40.5 Å². The van der Waals surface area contributed by atoms with Crippen molar-refractivity contribution in [1.82, 2.24) is 19.8 Å². The number of aromatic nitrogens is 4. The highest BCUT2D eigenvalue weighted by Crippen LogP contribution is 2.28. The van der Waals surface area contributed by atoms with Crippen LogP contribution in [0.4, 0.5) is 0 Å². The normalized spacial score (nSPS) is 10.9. The summed E-state index contributed by atoms with van der Waals surface area (Å²) >= 11 is 8.58. The van der Waals surface area contributed by atoms with Gasteiger partial charge < -0.3 is 4.42 Å². The largest absolute Gasteiger partial charge is 0.410 e. The van der Waals surface area contributed by atoms with E-state index in [1.54, 1.807) is 0 Å². The molecule has 2 aromatic heterocycles. The van der Waals surface area contributed by atoms with Gasteiger partial charge in [-0.05, 0) is 36.2 Å². The summed E-state index contributed by atoms with van der Waals surface area (Å²) in [5.41, 5.74) is 1.95. The van der Waals surface area contributed by atoms with Crippen molar-refractivity contribution < 1.29 is 4.42 Å². The Bertz CT molecular complexity index is 710. The summed E-state index contributed by atoms with van der Waals surface area (Å²) in [6.07, 6.45) is 0. The van der Waals surface area contributed by atoms with E-state index in [9.17, 15) is 0 Å². The number of benzene rings is 1. The first-order valence-corrected chi connectivity index (χ1v) is 7.86. The van der Waals surface area contributed by atoms with Gasteiger partial charge in [0.15, 0.2) is 0 Å². The van der Waals surface area contributed by atoms with Crippen LogP contribution in [0.1, 0.15) is 11.3 Å². The molecule has 0 saturated heterocycles. The van der Waals surface area contributed by atoms with E-state index < -0.39 is 0 Å². The number of nitrogens with zero attached hydrogens (tertiary/aromatic N) is 4. The fourth-order valence-corrected chi connectivity index (χ4v) is 2.94. The number of rotatable bonds is 4. The van der Waals surface area contributed by atoms with Gasteiger partial charge in [0, 0.05) is 10.8 Å². The van der Waals surface area contributed by atoms with Crippen molar-refractivity contribution in [2.75, 3.05) is 0 Å². The van der Waals surface area contributed by atoms with Crippen LogP contribution in [0.15, 0.2) is 33.9 Å². The van der Waals surface area contributed by atoms with E-state index in [-0.39, 0.29) is 0 Å². The fourth-order valence-electron chi connectivity index (χ4n) is 1.51. The Morgan fingerprint density at radius 3 is 2.70 bits per heavy atom. The topological polar surface area (TPSA) is 64.7 Å². The van der Waals surface area contributed by atoms with E-state index in [0.717, 1.165) is 26.9 Å². The van der Waals surface area contributed by atoms with Crippen molar-refractivity contribution in [3.8, 4) is 10.8 Å². The van der Waals surface area contributed by atoms with Crippen LogP contribution < -0.4 is 0 Å². The first-order valence-electron chi connectivity index (χ1n) is 5.72. The van der Waals surface area contributed by atoms with Gasteiger partial charge >= 0.3 is 0 Å². The highest BCUT2D eigenvalue weighted by molar-refractivity contribution is 7.98. The summed E-state index contributed by atoms with van der Waals surface area (Å²) in [4.78, 5) is 0.816. The fraction of sp³-hybridized carbons (Fsp3) is 0.167. The molecule has 0 aliphatic heterocycles. The molecule has 8 heteroatoms. The van der Waals surface area contributed by atoms with Crippen LogP contribution in [0.5, 0.6) is 0 Å². The van der Waals surface area contributed by atoms with E-state index in [2.05, 4.69) is 19.8 Å². The molecule has 0 spiro atoms. The number of halogens is 1. The SMILES string of the molecule is Cc1nnsc1-c1nnc(SCc2ccc(Cl)cc2)o1. The van der Waals surface area contributed by atoms with Crippen molar-refractivity contribution in [1.29, 1.82) is 0 Å². The molecule has 3 aromatic rings. The molecule has 20 heavy (non-hydrogen) atoms. The maximum Gasteiger partial charge on any atom is 0.277 e. The van der Waals surface area contributed by atoms with Gasteiger partial charge in [0.05, 0.1) is 5.69 Å². The molecular weight excluding hydrogens is 316 g/mol. The van der Waals surface area contributed by atoms with Crippen molar-refractivity contribution >= 4 is 34.9 Å². The second kappa shape index (κ2) is 5.90. The van der Waals surface area contributed by atoms with Crippen LogP contribution in [-0.2, 0) is 5.75 Å². The standard InChI is InChI=1S/C12H9ClN4OS2/c1-7-10(20-17-14-7)11-15-16-12(18-11)19-6-8-2-4-9(13)5-3-8/h2-5H,6H2,1H3. The first-order chi connectivity index (χ1) is 9.72. The zero-order valence-electron chi connectivity index (χ0n) is 10.4. The number of hydrogen-bond acceptors (Lipinski definition) is 7. The quantitative estimate of drug-likeness (QED) is 0.679. The molecule has 5 nitrogen and oxygen atoms in total. The van der Waals surface area contributed by atoms with Gasteiger partial charge in [0.2, 0.25) is 0 Å². The van der Waals surface area contributed by atoms with E-state index >= 15 is 0 Å². The molecule has 0 N–H and O–H groups in total. The Kier molecular flexibility index (Phi) is 4.00. The first kappa shape index (κ1) is 13.5. The van der Waals surface area contributed by atoms with E-state index in [0.29, 0.717) is 11.1 Å². The summed E-state index contributed by atoms with van der Waals surface area (Å²) in [7, 11) is 0. The van der Waals surface area contributed by atoms with Gasteiger partial charge in [-0.15, -0.1) is 15.3 Å². The van der Waals surface area contributed by atoms with Gasteiger partial charge in [-0.3, -0.25) is 0 Å². The maximum atomic E-state index is 5.85. The molecular formula is C12H9ClN4OS2. The maximum absolute atomic E-state index is 5.85. The summed E-state index contributed by atoms with van der Waals surface area (Å²) < 4.78 is 9.45. The molecule has 0 aliphatic carbocycles. The summed E-state index contributed by atoms with van der Waals surface area (Å²) in [6, 6.07) is 7.68. The Morgan fingerprint density at radius 2 is 2.00 bits per heavy atom. The number of aryl methyl sites for hydroxylation is 1. The summed E-state index contributed by atoms with van der Waals surface area (Å²) in [6.45, 7) is 1.86. The highest BCUT2D eigenvalue weighted by Gasteiger charge is 2.14. The van der Waals surface area contributed by atoms with Crippen molar-refractivity contribution in [3.63, 3.8) is 0 Å². The minimum Gasteiger partial charge on any atom is -0.410 e. The number of thioether (sulfide) groups is 1. The molecule has 1 aromatic carbocycles. The summed E-state index contributed by atoms with van der Waals surface area (Å²) in [5, 5.41) is 13.2. The molecule has 102 valence electrons. The van der Waals surface area contributed by atoms with E-state index in [1.165, 1.54) is 23.3 Å². The van der Waals surface area contributed by atoms with Gasteiger partial charge in [-0.25, -0.2) is 0 Å². The molecule has 0 radical (unpaired) electrons. The van der Waals surface area contributed by atoms with Crippen molar-refractivity contribution in [2.45, 2.75) is 17.9 Å². The third kappa shape index (κ3) is 3.00. The van der Waals surface area contributed by atoms with Gasteiger partial charge in [-0.1, -0.05) is 40.0 Å². The molecule has 0 saturated carbocycles. The average molecular weight is 325 g/mol.